The molecule has 3 N–H and O–H groups in total. The third-order valence-corrected chi connectivity index (χ3v) is 9.13. The maximum Gasteiger partial charge on any atom is 0.303 e. The number of nitrogens with zero attached hydrogens (tertiary/aromatic N) is 5. The van der Waals surface area contributed by atoms with E-state index in [-0.39, 0.29) is 30.0 Å². The molecule has 0 saturated carbocycles. The third kappa shape index (κ3) is 5.98. The van der Waals surface area contributed by atoms with Crippen LogP contribution in [0.25, 0.3) is 22.3 Å². The Morgan fingerprint density at radius 3 is 2.85 bits per heavy atom. The van der Waals surface area contributed by atoms with Crippen LogP contribution in [0.5, 0.6) is 11.5 Å². The molecule has 47 heavy (non-hydrogen) atoms. The molecule has 0 fully saturated rings. The number of aromatic nitrogens is 7. The predicted molar refractivity (Wildman–Crippen MR) is 170 cm³/mol. The van der Waals surface area contributed by atoms with Gasteiger partial charge in [0.15, 0.2) is 17.4 Å². The SMILES string of the molecule is CC1(c2cccc(CCC(=O)O)c2)CCCCCc2nnnn2Cc2c(c(F)cc3[nH]ccc23)Oc2ccc(F)c(c2)-c2ncc1[nH]2. The summed E-state index contributed by atoms with van der Waals surface area (Å²) in [7, 11) is 0. The molecule has 4 heterocycles. The molecule has 10 nitrogen and oxygen atoms in total. The van der Waals surface area contributed by atoms with E-state index < -0.39 is 23.0 Å². The Kier molecular flexibility index (Phi) is 8.00. The molecule has 1 unspecified atom stereocenters. The number of carboxylic acids is 1. The van der Waals surface area contributed by atoms with Crippen molar-refractivity contribution in [2.45, 2.75) is 63.8 Å². The standard InChI is InChI=1S/C35H33F2N7O3/c1-35(22-7-5-6-21(16-22)9-12-32(45)46)14-4-2-3-8-31-41-42-43-44(31)20-26-24-13-15-38-29(24)18-28(37)33(26)47-23-10-11-27(36)25(17-23)34-39-19-30(35)40-34/h5-7,10-11,13,15-19,38H,2-4,8-9,12,14,20H2,1H3,(H,39,40)(H,45,46). The molecule has 1 aliphatic heterocycles. The van der Waals surface area contributed by atoms with Crippen LogP contribution < -0.4 is 4.74 Å². The van der Waals surface area contributed by atoms with Crippen LogP contribution in [-0.2, 0) is 29.6 Å². The first-order chi connectivity index (χ1) is 22.8. The number of fused-ring (bicyclic) bond motifs is 9. The van der Waals surface area contributed by atoms with Crippen molar-refractivity contribution in [2.24, 2.45) is 0 Å². The normalized spacial score (nSPS) is 16.9. The van der Waals surface area contributed by atoms with Gasteiger partial charge < -0.3 is 19.8 Å². The van der Waals surface area contributed by atoms with Crippen LogP contribution in [0.4, 0.5) is 8.78 Å². The van der Waals surface area contributed by atoms with E-state index in [4.69, 9.17) is 4.74 Å². The number of carbonyl (C=O) groups is 1. The van der Waals surface area contributed by atoms with E-state index in [1.165, 1.54) is 24.3 Å². The molecule has 0 spiro atoms. The number of hydrogen-bond donors (Lipinski definition) is 3. The molecule has 12 heteroatoms. The van der Waals surface area contributed by atoms with Gasteiger partial charge in [-0.05, 0) is 72.0 Å². The predicted octanol–water partition coefficient (Wildman–Crippen LogP) is 7.10. The fraction of sp³-hybridized carbons (Fsp3) is 0.286. The van der Waals surface area contributed by atoms with Crippen molar-refractivity contribution >= 4 is 16.9 Å². The quantitative estimate of drug-likeness (QED) is 0.188. The summed E-state index contributed by atoms with van der Waals surface area (Å²) in [5.41, 5.74) is 3.55. The number of ether oxygens (including phenoxy) is 1. The van der Waals surface area contributed by atoms with E-state index in [1.807, 2.05) is 30.3 Å². The van der Waals surface area contributed by atoms with E-state index in [0.29, 0.717) is 35.6 Å². The van der Waals surface area contributed by atoms with Gasteiger partial charge in [-0.1, -0.05) is 37.1 Å². The molecule has 0 amide bonds. The molecule has 1 aliphatic rings. The number of aliphatic carboxylic acids is 1. The molecule has 6 aromatic rings. The number of H-pyrrole nitrogens is 2. The lowest BCUT2D eigenvalue weighted by atomic mass is 9.75. The van der Waals surface area contributed by atoms with Crippen LogP contribution in [0.15, 0.2) is 67.0 Å². The Morgan fingerprint density at radius 2 is 1.98 bits per heavy atom. The Balaban J connectivity index is 1.33. The van der Waals surface area contributed by atoms with Gasteiger partial charge in [0.25, 0.3) is 0 Å². The molecule has 0 aliphatic carbocycles. The fourth-order valence-electron chi connectivity index (χ4n) is 6.47. The van der Waals surface area contributed by atoms with Gasteiger partial charge in [-0.3, -0.25) is 4.79 Å². The second-order valence-electron chi connectivity index (χ2n) is 12.2. The maximum atomic E-state index is 15.7. The second kappa shape index (κ2) is 12.4. The molecule has 3 aromatic heterocycles. The molecule has 240 valence electrons. The van der Waals surface area contributed by atoms with Gasteiger partial charge >= 0.3 is 5.97 Å². The average molecular weight is 638 g/mol. The Bertz CT molecular complexity index is 2080. The lowest BCUT2D eigenvalue weighted by Gasteiger charge is -2.30. The first kappa shape index (κ1) is 30.3. The number of hydrogen-bond acceptors (Lipinski definition) is 6. The zero-order chi connectivity index (χ0) is 32.5. The molecular weight excluding hydrogens is 604 g/mol. The van der Waals surface area contributed by atoms with E-state index >= 15 is 8.78 Å². The summed E-state index contributed by atoms with van der Waals surface area (Å²) < 4.78 is 38.9. The van der Waals surface area contributed by atoms with Gasteiger partial charge in [-0.2, -0.15) is 0 Å². The van der Waals surface area contributed by atoms with Crippen molar-refractivity contribution in [3.63, 3.8) is 0 Å². The van der Waals surface area contributed by atoms with Crippen LogP contribution in [0, 0.1) is 11.6 Å². The molecule has 7 rings (SSSR count). The van der Waals surface area contributed by atoms with Crippen LogP contribution in [0.2, 0.25) is 0 Å². The number of imidazole rings is 1. The molecule has 0 radical (unpaired) electrons. The minimum atomic E-state index is -0.848. The highest BCUT2D eigenvalue weighted by Gasteiger charge is 2.32. The minimum absolute atomic E-state index is 0.00714. The number of aryl methyl sites for hydroxylation is 2. The van der Waals surface area contributed by atoms with Crippen LogP contribution in [-0.4, -0.2) is 46.2 Å². The number of nitrogens with one attached hydrogen (secondary N) is 2. The highest BCUT2D eigenvalue weighted by Crippen LogP contribution is 2.40. The first-order valence-electron chi connectivity index (χ1n) is 15.7. The van der Waals surface area contributed by atoms with E-state index in [2.05, 4.69) is 37.4 Å². The average Bonchev–Trinajstić information content (AvgIpc) is 3.84. The smallest absolute Gasteiger partial charge is 0.303 e. The molecule has 4 bridgehead atoms. The van der Waals surface area contributed by atoms with Crippen molar-refractivity contribution in [2.75, 3.05) is 0 Å². The van der Waals surface area contributed by atoms with E-state index in [1.54, 1.807) is 17.1 Å². The zero-order valence-corrected chi connectivity index (χ0v) is 25.8. The van der Waals surface area contributed by atoms with E-state index in [9.17, 15) is 9.90 Å². The highest BCUT2D eigenvalue weighted by molar-refractivity contribution is 5.85. The van der Waals surface area contributed by atoms with Gasteiger partial charge in [0, 0.05) is 58.9 Å². The van der Waals surface area contributed by atoms with Gasteiger partial charge in [0.05, 0.1) is 12.1 Å². The molecular formula is C35H33F2N7O3. The van der Waals surface area contributed by atoms with E-state index in [0.717, 1.165) is 47.9 Å². The number of aromatic amines is 2. The van der Waals surface area contributed by atoms with Crippen molar-refractivity contribution < 1.29 is 23.4 Å². The monoisotopic (exact) mass is 637 g/mol. The number of rotatable bonds is 4. The summed E-state index contributed by atoms with van der Waals surface area (Å²) in [5, 5.41) is 22.4. The number of carboxylic acid groups (broad SMARTS) is 1. The van der Waals surface area contributed by atoms with Crippen molar-refractivity contribution in [1.29, 1.82) is 0 Å². The maximum absolute atomic E-state index is 15.7. The topological polar surface area (TPSA) is 135 Å². The molecule has 0 saturated heterocycles. The largest absolute Gasteiger partial charge is 0.481 e. The van der Waals surface area contributed by atoms with Gasteiger partial charge in [-0.15, -0.1) is 5.10 Å². The lowest BCUT2D eigenvalue weighted by Crippen LogP contribution is -2.24. The van der Waals surface area contributed by atoms with Gasteiger partial charge in [0.2, 0.25) is 0 Å². The fourth-order valence-corrected chi connectivity index (χ4v) is 6.47. The summed E-state index contributed by atoms with van der Waals surface area (Å²) in [5.74, 6) is -0.691. The Labute approximate surface area is 268 Å². The van der Waals surface area contributed by atoms with Crippen molar-refractivity contribution in [3.05, 3.63) is 107 Å². The zero-order valence-electron chi connectivity index (χ0n) is 25.8. The van der Waals surface area contributed by atoms with Crippen LogP contribution in [0.1, 0.15) is 67.2 Å². The van der Waals surface area contributed by atoms with Crippen molar-refractivity contribution in [3.8, 4) is 22.9 Å². The summed E-state index contributed by atoms with van der Waals surface area (Å²) in [6, 6.07) is 15.4. The summed E-state index contributed by atoms with van der Waals surface area (Å²) >= 11 is 0. The number of tetrazole rings is 1. The third-order valence-electron chi connectivity index (χ3n) is 9.13. The Morgan fingerprint density at radius 1 is 1.09 bits per heavy atom. The molecule has 1 atom stereocenters. The minimum Gasteiger partial charge on any atom is -0.481 e. The Hall–Kier alpha value is -5.39. The number of halogens is 2. The van der Waals surface area contributed by atoms with Crippen LogP contribution in [0.3, 0.4) is 0 Å². The van der Waals surface area contributed by atoms with Crippen molar-refractivity contribution in [1.82, 2.24) is 35.2 Å². The summed E-state index contributed by atoms with van der Waals surface area (Å²) in [6.45, 7) is 2.30. The van der Waals surface area contributed by atoms with Crippen LogP contribution >= 0.6 is 0 Å². The number of benzene rings is 3. The summed E-state index contributed by atoms with van der Waals surface area (Å²) in [6.07, 6.45) is 7.88. The lowest BCUT2D eigenvalue weighted by molar-refractivity contribution is -0.136. The van der Waals surface area contributed by atoms with Gasteiger partial charge in [0.1, 0.15) is 17.4 Å². The summed E-state index contributed by atoms with van der Waals surface area (Å²) in [4.78, 5) is 22.3. The first-order valence-corrected chi connectivity index (χ1v) is 15.7. The second-order valence-corrected chi connectivity index (χ2v) is 12.2. The molecule has 3 aromatic carbocycles. The van der Waals surface area contributed by atoms with Gasteiger partial charge in [-0.25, -0.2) is 18.4 Å². The highest BCUT2D eigenvalue weighted by atomic mass is 19.1.